The fraction of sp³-hybridized carbons (Fsp3) is 0.381. The zero-order valence-electron chi connectivity index (χ0n) is 14.0. The van der Waals surface area contributed by atoms with Gasteiger partial charge in [0.05, 0.1) is 5.56 Å². The number of rotatable bonds is 3. The number of para-hydroxylation sites is 1. The summed E-state index contributed by atoms with van der Waals surface area (Å²) in [6.07, 6.45) is 6.63. The predicted octanol–water partition coefficient (Wildman–Crippen LogP) is 4.46. The minimum atomic E-state index is -0.196. The van der Waals surface area contributed by atoms with Gasteiger partial charge in [-0.25, -0.2) is 0 Å². The first kappa shape index (κ1) is 15.3. The fourth-order valence-electron chi connectivity index (χ4n) is 4.17. The summed E-state index contributed by atoms with van der Waals surface area (Å²) >= 11 is 0. The Bertz CT molecular complexity index is 720. The maximum absolute atomic E-state index is 13.2. The van der Waals surface area contributed by atoms with Crippen LogP contribution in [0, 0.1) is 0 Å². The molecule has 2 aromatic carbocycles. The van der Waals surface area contributed by atoms with Crippen molar-refractivity contribution in [2.75, 3.05) is 11.9 Å². The van der Waals surface area contributed by atoms with Crippen molar-refractivity contribution in [3.63, 3.8) is 0 Å². The first-order valence-corrected chi connectivity index (χ1v) is 9.02. The summed E-state index contributed by atoms with van der Waals surface area (Å²) in [5.41, 5.74) is 2.90. The van der Waals surface area contributed by atoms with Crippen LogP contribution in [-0.4, -0.2) is 23.0 Å². The van der Waals surface area contributed by atoms with Crippen molar-refractivity contribution in [3.05, 3.63) is 65.7 Å². The molecule has 2 aliphatic rings. The lowest BCUT2D eigenvalue weighted by Gasteiger charge is -2.50. The van der Waals surface area contributed by atoms with Crippen LogP contribution in [0.3, 0.4) is 0 Å². The number of hydrogen-bond donors (Lipinski definition) is 1. The zero-order valence-corrected chi connectivity index (χ0v) is 14.0. The van der Waals surface area contributed by atoms with Crippen LogP contribution < -0.4 is 5.32 Å². The molecule has 1 N–H and O–H groups in total. The van der Waals surface area contributed by atoms with E-state index in [0.717, 1.165) is 37.1 Å². The molecule has 1 spiro atoms. The van der Waals surface area contributed by atoms with Crippen LogP contribution in [0.5, 0.6) is 0 Å². The zero-order chi connectivity index (χ0) is 16.4. The van der Waals surface area contributed by atoms with Crippen molar-refractivity contribution < 1.29 is 4.79 Å². The third kappa shape index (κ3) is 2.68. The van der Waals surface area contributed by atoms with Crippen molar-refractivity contribution in [1.82, 2.24) is 4.90 Å². The Hall–Kier alpha value is -2.29. The number of nitrogens with one attached hydrogen (secondary N) is 1. The van der Waals surface area contributed by atoms with E-state index in [4.69, 9.17) is 0 Å². The van der Waals surface area contributed by atoms with Gasteiger partial charge in [0, 0.05) is 12.2 Å². The smallest absolute Gasteiger partial charge is 0.257 e. The van der Waals surface area contributed by atoms with Crippen LogP contribution >= 0.6 is 0 Å². The van der Waals surface area contributed by atoms with Crippen LogP contribution in [-0.2, 0) is 6.42 Å². The molecule has 1 heterocycles. The Morgan fingerprint density at radius 1 is 0.917 bits per heavy atom. The van der Waals surface area contributed by atoms with Crippen LogP contribution in [0.2, 0.25) is 0 Å². The number of fused-ring (bicyclic) bond motifs is 1. The Morgan fingerprint density at radius 3 is 2.42 bits per heavy atom. The second kappa shape index (κ2) is 6.31. The molecule has 0 bridgehead atoms. The Morgan fingerprint density at radius 2 is 1.62 bits per heavy atom. The maximum atomic E-state index is 13.2. The summed E-state index contributed by atoms with van der Waals surface area (Å²) < 4.78 is 0. The molecular weight excluding hydrogens is 296 g/mol. The normalized spacial score (nSPS) is 19.0. The second-order valence-electron chi connectivity index (χ2n) is 6.96. The third-order valence-electron chi connectivity index (χ3n) is 5.43. The summed E-state index contributed by atoms with van der Waals surface area (Å²) in [6.45, 7) is 0.768. The van der Waals surface area contributed by atoms with Crippen LogP contribution in [0.1, 0.15) is 48.0 Å². The standard InChI is InChI=1S/C21H24N2O/c24-20-18-11-5-6-12-19(18)22-21(14-7-2-8-15-21)23(20)16-13-17-9-3-1-4-10-17/h1,3-6,9-12,22H,2,7-8,13-16H2. The number of amides is 1. The first-order valence-electron chi connectivity index (χ1n) is 9.02. The molecule has 3 nitrogen and oxygen atoms in total. The molecular formula is C21H24N2O. The van der Waals surface area contributed by atoms with Gasteiger partial charge in [0.1, 0.15) is 5.66 Å². The molecule has 24 heavy (non-hydrogen) atoms. The summed E-state index contributed by atoms with van der Waals surface area (Å²) in [5, 5.41) is 3.73. The lowest BCUT2D eigenvalue weighted by molar-refractivity contribution is 0.0402. The molecule has 4 rings (SSSR count). The van der Waals surface area contributed by atoms with Crippen molar-refractivity contribution in [2.45, 2.75) is 44.2 Å². The van der Waals surface area contributed by atoms with Gasteiger partial charge in [-0.1, -0.05) is 48.9 Å². The Kier molecular flexibility index (Phi) is 4.01. The summed E-state index contributed by atoms with van der Waals surface area (Å²) in [4.78, 5) is 15.3. The van der Waals surface area contributed by atoms with E-state index < -0.39 is 0 Å². The van der Waals surface area contributed by atoms with Gasteiger partial charge in [-0.05, 0) is 49.8 Å². The molecule has 124 valence electrons. The summed E-state index contributed by atoms with van der Waals surface area (Å²) in [7, 11) is 0. The van der Waals surface area contributed by atoms with Gasteiger partial charge in [0.25, 0.3) is 5.91 Å². The van der Waals surface area contributed by atoms with Gasteiger partial charge >= 0.3 is 0 Å². The van der Waals surface area contributed by atoms with Crippen LogP contribution in [0.25, 0.3) is 0 Å². The summed E-state index contributed by atoms with van der Waals surface area (Å²) in [6, 6.07) is 18.4. The molecule has 1 saturated carbocycles. The Balaban J connectivity index is 1.64. The van der Waals surface area contributed by atoms with Gasteiger partial charge < -0.3 is 10.2 Å². The minimum absolute atomic E-state index is 0.183. The highest BCUT2D eigenvalue weighted by molar-refractivity contribution is 6.02. The molecule has 1 aliphatic heterocycles. The van der Waals surface area contributed by atoms with Crippen molar-refractivity contribution >= 4 is 11.6 Å². The van der Waals surface area contributed by atoms with Gasteiger partial charge in [-0.3, -0.25) is 4.79 Å². The molecule has 0 unspecified atom stereocenters. The number of nitrogens with zero attached hydrogens (tertiary/aromatic N) is 1. The van der Waals surface area contributed by atoms with Crippen molar-refractivity contribution in [3.8, 4) is 0 Å². The van der Waals surface area contributed by atoms with E-state index in [0.29, 0.717) is 0 Å². The van der Waals surface area contributed by atoms with Gasteiger partial charge in [-0.2, -0.15) is 0 Å². The van der Waals surface area contributed by atoms with E-state index in [9.17, 15) is 4.79 Å². The van der Waals surface area contributed by atoms with Gasteiger partial charge in [0.2, 0.25) is 0 Å². The number of hydrogen-bond acceptors (Lipinski definition) is 2. The topological polar surface area (TPSA) is 32.3 Å². The molecule has 0 saturated heterocycles. The van der Waals surface area contributed by atoms with E-state index >= 15 is 0 Å². The summed E-state index contributed by atoms with van der Waals surface area (Å²) in [5.74, 6) is 0.183. The molecule has 2 aromatic rings. The van der Waals surface area contributed by atoms with E-state index in [1.54, 1.807) is 0 Å². The molecule has 1 aliphatic carbocycles. The first-order chi connectivity index (χ1) is 11.8. The Labute approximate surface area is 143 Å². The molecule has 0 aromatic heterocycles. The quantitative estimate of drug-likeness (QED) is 0.905. The molecule has 1 fully saturated rings. The molecule has 3 heteroatoms. The highest BCUT2D eigenvalue weighted by Gasteiger charge is 2.44. The van der Waals surface area contributed by atoms with Gasteiger partial charge in [0.15, 0.2) is 0 Å². The molecule has 1 amide bonds. The van der Waals surface area contributed by atoms with Crippen molar-refractivity contribution in [1.29, 1.82) is 0 Å². The van der Waals surface area contributed by atoms with E-state index in [1.165, 1.54) is 24.8 Å². The average Bonchev–Trinajstić information content (AvgIpc) is 2.63. The lowest BCUT2D eigenvalue weighted by Crippen LogP contribution is -2.61. The highest BCUT2D eigenvalue weighted by atomic mass is 16.2. The van der Waals surface area contributed by atoms with Crippen molar-refractivity contribution in [2.24, 2.45) is 0 Å². The highest BCUT2D eigenvalue weighted by Crippen LogP contribution is 2.40. The number of carbonyl (C=O) groups excluding carboxylic acids is 1. The minimum Gasteiger partial charge on any atom is -0.362 e. The molecule has 0 atom stereocenters. The number of anilines is 1. The number of benzene rings is 2. The average molecular weight is 320 g/mol. The second-order valence-corrected chi connectivity index (χ2v) is 6.96. The van der Waals surface area contributed by atoms with E-state index in [2.05, 4.69) is 34.5 Å². The van der Waals surface area contributed by atoms with E-state index in [-0.39, 0.29) is 11.6 Å². The maximum Gasteiger partial charge on any atom is 0.257 e. The van der Waals surface area contributed by atoms with Crippen LogP contribution in [0.15, 0.2) is 54.6 Å². The largest absolute Gasteiger partial charge is 0.362 e. The SMILES string of the molecule is O=C1c2ccccc2NC2(CCCCC2)N1CCc1ccccc1. The third-order valence-corrected chi connectivity index (χ3v) is 5.43. The predicted molar refractivity (Wildman–Crippen MR) is 97.1 cm³/mol. The number of carbonyl (C=O) groups is 1. The molecule has 0 radical (unpaired) electrons. The monoisotopic (exact) mass is 320 g/mol. The fourth-order valence-corrected chi connectivity index (χ4v) is 4.17. The van der Waals surface area contributed by atoms with Gasteiger partial charge in [-0.15, -0.1) is 0 Å². The van der Waals surface area contributed by atoms with Crippen LogP contribution in [0.4, 0.5) is 5.69 Å². The lowest BCUT2D eigenvalue weighted by atomic mass is 9.84. The van der Waals surface area contributed by atoms with E-state index in [1.807, 2.05) is 30.3 Å².